The van der Waals surface area contributed by atoms with E-state index in [2.05, 4.69) is 47.6 Å². The Morgan fingerprint density at radius 3 is 2.62 bits per heavy atom. The Morgan fingerprint density at radius 2 is 1.88 bits per heavy atom. The predicted octanol–water partition coefficient (Wildman–Crippen LogP) is 3.43. The monoisotopic (exact) mass is 322 g/mol. The molecule has 124 valence electrons. The third-order valence-electron chi connectivity index (χ3n) is 4.28. The Labute approximate surface area is 141 Å². The number of aromatic amines is 1. The number of nitrogens with one attached hydrogen (secondary N) is 2. The molecular weight excluding hydrogens is 300 g/mol. The number of aromatic nitrogens is 1. The van der Waals surface area contributed by atoms with Crippen molar-refractivity contribution in [2.45, 2.75) is 19.4 Å². The molecule has 2 aromatic carbocycles. The van der Waals surface area contributed by atoms with Crippen LogP contribution in [0.2, 0.25) is 0 Å². The third-order valence-corrected chi connectivity index (χ3v) is 4.28. The number of benzene rings is 2. The number of H-pyrrole nitrogens is 1. The van der Waals surface area contributed by atoms with Gasteiger partial charge in [0, 0.05) is 17.5 Å². The molecule has 1 unspecified atom stereocenters. The van der Waals surface area contributed by atoms with Crippen LogP contribution in [0.3, 0.4) is 0 Å². The highest BCUT2D eigenvalue weighted by atomic mass is 16.5. The van der Waals surface area contributed by atoms with Crippen molar-refractivity contribution < 1.29 is 4.74 Å². The highest BCUT2D eigenvalue weighted by Crippen LogP contribution is 2.29. The molecule has 0 bridgehead atoms. The zero-order valence-corrected chi connectivity index (χ0v) is 14.0. The van der Waals surface area contributed by atoms with Crippen molar-refractivity contribution in [2.75, 3.05) is 13.7 Å². The number of methoxy groups -OCH3 is 1. The molecule has 0 spiro atoms. The first kappa shape index (κ1) is 16.3. The van der Waals surface area contributed by atoms with Gasteiger partial charge in [-0.3, -0.25) is 4.79 Å². The summed E-state index contributed by atoms with van der Waals surface area (Å²) < 4.78 is 5.37. The van der Waals surface area contributed by atoms with Crippen LogP contribution in [-0.4, -0.2) is 18.6 Å². The highest BCUT2D eigenvalue weighted by Gasteiger charge is 2.12. The molecule has 0 aliphatic rings. The second-order valence-electron chi connectivity index (χ2n) is 5.88. The van der Waals surface area contributed by atoms with Gasteiger partial charge in [0.2, 0.25) is 5.56 Å². The fourth-order valence-electron chi connectivity index (χ4n) is 2.98. The summed E-state index contributed by atoms with van der Waals surface area (Å²) in [6.45, 7) is 3.03. The maximum atomic E-state index is 11.6. The lowest BCUT2D eigenvalue weighted by atomic mass is 10.0. The van der Waals surface area contributed by atoms with Gasteiger partial charge in [-0.1, -0.05) is 36.4 Å². The normalized spacial score (nSPS) is 12.2. The molecular formula is C20H22N2O2. The van der Waals surface area contributed by atoms with E-state index in [1.165, 1.54) is 5.56 Å². The molecule has 2 N–H and O–H groups in total. The first-order valence-electron chi connectivity index (χ1n) is 8.16. The summed E-state index contributed by atoms with van der Waals surface area (Å²) in [6, 6.07) is 18.0. The molecule has 0 fully saturated rings. The SMILES string of the molecule is COc1ccc(C(C)NCCc2ccccc2)c2ccc(=O)[nH]c12. The van der Waals surface area contributed by atoms with E-state index in [1.807, 2.05) is 18.2 Å². The van der Waals surface area contributed by atoms with Gasteiger partial charge in [0.15, 0.2) is 0 Å². The summed E-state index contributed by atoms with van der Waals surface area (Å²) in [5.74, 6) is 0.683. The van der Waals surface area contributed by atoms with Gasteiger partial charge in [0.25, 0.3) is 0 Å². The van der Waals surface area contributed by atoms with Crippen LogP contribution in [0.5, 0.6) is 5.75 Å². The Hall–Kier alpha value is -2.59. The summed E-state index contributed by atoms with van der Waals surface area (Å²) >= 11 is 0. The number of hydrogen-bond acceptors (Lipinski definition) is 3. The van der Waals surface area contributed by atoms with Crippen molar-refractivity contribution in [3.05, 3.63) is 76.1 Å². The molecule has 3 aromatic rings. The van der Waals surface area contributed by atoms with E-state index in [-0.39, 0.29) is 11.6 Å². The van der Waals surface area contributed by atoms with Crippen LogP contribution in [0.15, 0.2) is 59.4 Å². The lowest BCUT2D eigenvalue weighted by Gasteiger charge is -2.17. The standard InChI is InChI=1S/C20H22N2O2/c1-14(21-13-12-15-6-4-3-5-7-15)16-8-10-18(24-2)20-17(16)9-11-19(23)22-20/h3-11,14,21H,12-13H2,1-2H3,(H,22,23). The van der Waals surface area contributed by atoms with E-state index in [0.717, 1.165) is 29.4 Å². The second-order valence-corrected chi connectivity index (χ2v) is 5.88. The molecule has 0 saturated heterocycles. The average Bonchev–Trinajstić information content (AvgIpc) is 2.61. The fraction of sp³-hybridized carbons (Fsp3) is 0.250. The maximum absolute atomic E-state index is 11.6. The van der Waals surface area contributed by atoms with Crippen molar-refractivity contribution >= 4 is 10.9 Å². The van der Waals surface area contributed by atoms with Gasteiger partial charge in [-0.2, -0.15) is 0 Å². The summed E-state index contributed by atoms with van der Waals surface area (Å²) in [6.07, 6.45) is 0.982. The first-order chi connectivity index (χ1) is 11.7. The summed E-state index contributed by atoms with van der Waals surface area (Å²) in [4.78, 5) is 14.5. The quantitative estimate of drug-likeness (QED) is 0.731. The van der Waals surface area contributed by atoms with Crippen LogP contribution < -0.4 is 15.6 Å². The van der Waals surface area contributed by atoms with Crippen LogP contribution in [-0.2, 0) is 6.42 Å². The fourth-order valence-corrected chi connectivity index (χ4v) is 2.98. The highest BCUT2D eigenvalue weighted by molar-refractivity contribution is 5.87. The Bertz CT molecular complexity index is 872. The van der Waals surface area contributed by atoms with Gasteiger partial charge in [0.1, 0.15) is 5.75 Å². The molecule has 4 heteroatoms. The van der Waals surface area contributed by atoms with Crippen LogP contribution in [0, 0.1) is 0 Å². The number of rotatable bonds is 6. The van der Waals surface area contributed by atoms with Gasteiger partial charge in [-0.25, -0.2) is 0 Å². The lowest BCUT2D eigenvalue weighted by Crippen LogP contribution is -2.21. The van der Waals surface area contributed by atoms with Crippen LogP contribution >= 0.6 is 0 Å². The second kappa shape index (κ2) is 7.32. The molecule has 24 heavy (non-hydrogen) atoms. The lowest BCUT2D eigenvalue weighted by molar-refractivity contribution is 0.418. The Morgan fingerprint density at radius 1 is 1.08 bits per heavy atom. The Balaban J connectivity index is 1.79. The average molecular weight is 322 g/mol. The number of fused-ring (bicyclic) bond motifs is 1. The molecule has 0 aliphatic carbocycles. The van der Waals surface area contributed by atoms with E-state index < -0.39 is 0 Å². The molecule has 1 heterocycles. The minimum Gasteiger partial charge on any atom is -0.495 e. The number of hydrogen-bond donors (Lipinski definition) is 2. The van der Waals surface area contributed by atoms with Crippen molar-refractivity contribution in [1.29, 1.82) is 0 Å². The zero-order chi connectivity index (χ0) is 16.9. The molecule has 0 aliphatic heterocycles. The number of pyridine rings is 1. The van der Waals surface area contributed by atoms with E-state index in [4.69, 9.17) is 4.74 Å². The molecule has 4 nitrogen and oxygen atoms in total. The minimum absolute atomic E-state index is 0.123. The molecule has 0 saturated carbocycles. The largest absolute Gasteiger partial charge is 0.495 e. The van der Waals surface area contributed by atoms with Gasteiger partial charge < -0.3 is 15.0 Å². The van der Waals surface area contributed by atoms with Gasteiger partial charge in [-0.05, 0) is 43.1 Å². The van der Waals surface area contributed by atoms with Crippen LogP contribution in [0.4, 0.5) is 0 Å². The zero-order valence-electron chi connectivity index (χ0n) is 14.0. The van der Waals surface area contributed by atoms with Crippen molar-refractivity contribution in [2.24, 2.45) is 0 Å². The number of ether oxygens (including phenoxy) is 1. The molecule has 0 radical (unpaired) electrons. The van der Waals surface area contributed by atoms with E-state index in [9.17, 15) is 4.79 Å². The van der Waals surface area contributed by atoms with Crippen molar-refractivity contribution in [3.63, 3.8) is 0 Å². The van der Waals surface area contributed by atoms with E-state index >= 15 is 0 Å². The first-order valence-corrected chi connectivity index (χ1v) is 8.16. The third kappa shape index (κ3) is 3.49. The molecule has 1 aromatic heterocycles. The van der Waals surface area contributed by atoms with Gasteiger partial charge in [-0.15, -0.1) is 0 Å². The van der Waals surface area contributed by atoms with Crippen LogP contribution in [0.1, 0.15) is 24.1 Å². The van der Waals surface area contributed by atoms with Gasteiger partial charge in [0.05, 0.1) is 12.6 Å². The van der Waals surface area contributed by atoms with E-state index in [0.29, 0.717) is 5.75 Å². The molecule has 3 rings (SSSR count). The smallest absolute Gasteiger partial charge is 0.248 e. The Kier molecular flexibility index (Phi) is 4.96. The molecule has 0 amide bonds. The molecule has 1 atom stereocenters. The summed E-state index contributed by atoms with van der Waals surface area (Å²) in [5, 5.41) is 4.57. The van der Waals surface area contributed by atoms with Crippen molar-refractivity contribution in [1.82, 2.24) is 10.3 Å². The van der Waals surface area contributed by atoms with Gasteiger partial charge >= 0.3 is 0 Å². The van der Waals surface area contributed by atoms with Crippen molar-refractivity contribution in [3.8, 4) is 5.75 Å². The minimum atomic E-state index is -0.123. The van der Waals surface area contributed by atoms with Crippen LogP contribution in [0.25, 0.3) is 10.9 Å². The maximum Gasteiger partial charge on any atom is 0.248 e. The summed E-state index contributed by atoms with van der Waals surface area (Å²) in [7, 11) is 1.61. The summed E-state index contributed by atoms with van der Waals surface area (Å²) in [5.41, 5.74) is 3.10. The predicted molar refractivity (Wildman–Crippen MR) is 97.7 cm³/mol. The topological polar surface area (TPSA) is 54.1 Å². The van der Waals surface area contributed by atoms with E-state index in [1.54, 1.807) is 13.2 Å².